The molecule has 0 aromatic heterocycles. The largest absolute Gasteiger partial charge is 0.379 e. The molecule has 0 bridgehead atoms. The van der Waals surface area contributed by atoms with E-state index >= 15 is 0 Å². The van der Waals surface area contributed by atoms with Crippen molar-refractivity contribution >= 4 is 11.4 Å². The Balaban J connectivity index is 1.71. The predicted molar refractivity (Wildman–Crippen MR) is 115 cm³/mol. The summed E-state index contributed by atoms with van der Waals surface area (Å²) in [5.41, 5.74) is 11.6. The molecule has 0 fully saturated rings. The first kappa shape index (κ1) is 19.0. The number of hydrogen-bond acceptors (Lipinski definition) is 4. The van der Waals surface area contributed by atoms with Gasteiger partial charge in [0.25, 0.3) is 0 Å². The van der Waals surface area contributed by atoms with Gasteiger partial charge >= 0.3 is 0 Å². The Morgan fingerprint density at radius 2 is 1.19 bits per heavy atom. The standard InChI is InChI=1S/C23H28N4/c24-13-14-25-16-21-11-12-22(26-17-19-7-3-1-4-8-19)23(15-21)27-18-20-9-5-2-6-10-20/h1-12,15,25-27H,13-14,16-18,24H2. The van der Waals surface area contributed by atoms with Gasteiger partial charge in [-0.3, -0.25) is 0 Å². The third-order valence-electron chi connectivity index (χ3n) is 4.39. The maximum absolute atomic E-state index is 5.57. The van der Waals surface area contributed by atoms with E-state index in [0.717, 1.165) is 37.6 Å². The molecule has 0 aliphatic heterocycles. The Morgan fingerprint density at radius 3 is 1.78 bits per heavy atom. The maximum atomic E-state index is 5.57. The lowest BCUT2D eigenvalue weighted by molar-refractivity contribution is 0.695. The fourth-order valence-electron chi connectivity index (χ4n) is 2.92. The lowest BCUT2D eigenvalue weighted by Gasteiger charge is -2.16. The molecule has 0 saturated heterocycles. The Morgan fingerprint density at radius 1 is 0.593 bits per heavy atom. The van der Waals surface area contributed by atoms with E-state index in [1.807, 2.05) is 12.1 Å². The normalized spacial score (nSPS) is 10.6. The third-order valence-corrected chi connectivity index (χ3v) is 4.39. The van der Waals surface area contributed by atoms with Crippen LogP contribution in [0.3, 0.4) is 0 Å². The van der Waals surface area contributed by atoms with E-state index in [9.17, 15) is 0 Å². The molecule has 3 aromatic carbocycles. The molecule has 4 heteroatoms. The summed E-state index contributed by atoms with van der Waals surface area (Å²) in [6.07, 6.45) is 0. The Labute approximate surface area is 161 Å². The summed E-state index contributed by atoms with van der Waals surface area (Å²) in [6, 6.07) is 27.4. The van der Waals surface area contributed by atoms with E-state index in [1.54, 1.807) is 0 Å². The van der Waals surface area contributed by atoms with Crippen molar-refractivity contribution < 1.29 is 0 Å². The molecule has 5 N–H and O–H groups in total. The van der Waals surface area contributed by atoms with E-state index in [2.05, 4.69) is 82.7 Å². The first-order chi connectivity index (χ1) is 13.3. The zero-order chi connectivity index (χ0) is 18.7. The second kappa shape index (κ2) is 10.4. The molecule has 0 amide bonds. The maximum Gasteiger partial charge on any atom is 0.0582 e. The highest BCUT2D eigenvalue weighted by molar-refractivity contribution is 5.70. The fourth-order valence-corrected chi connectivity index (χ4v) is 2.92. The van der Waals surface area contributed by atoms with Gasteiger partial charge in [0.2, 0.25) is 0 Å². The lowest BCUT2D eigenvalue weighted by Crippen LogP contribution is -2.21. The van der Waals surface area contributed by atoms with Crippen LogP contribution < -0.4 is 21.7 Å². The zero-order valence-electron chi connectivity index (χ0n) is 15.6. The van der Waals surface area contributed by atoms with Gasteiger partial charge in [-0.1, -0.05) is 66.7 Å². The molecule has 0 aliphatic rings. The lowest BCUT2D eigenvalue weighted by atomic mass is 10.1. The molecule has 3 rings (SSSR count). The summed E-state index contributed by atoms with van der Waals surface area (Å²) in [5.74, 6) is 0. The van der Waals surface area contributed by atoms with Crippen molar-refractivity contribution in [2.75, 3.05) is 23.7 Å². The van der Waals surface area contributed by atoms with Crippen LogP contribution in [0, 0.1) is 0 Å². The van der Waals surface area contributed by atoms with Crippen LogP contribution in [0.15, 0.2) is 78.9 Å². The molecule has 0 spiro atoms. The van der Waals surface area contributed by atoms with Gasteiger partial charge in [0.1, 0.15) is 0 Å². The third kappa shape index (κ3) is 6.13. The summed E-state index contributed by atoms with van der Waals surface area (Å²) >= 11 is 0. The Kier molecular flexibility index (Phi) is 7.27. The van der Waals surface area contributed by atoms with E-state index < -0.39 is 0 Å². The van der Waals surface area contributed by atoms with Gasteiger partial charge in [-0.25, -0.2) is 0 Å². The van der Waals surface area contributed by atoms with E-state index in [0.29, 0.717) is 6.54 Å². The molecule has 140 valence electrons. The van der Waals surface area contributed by atoms with Gasteiger partial charge in [0.05, 0.1) is 11.4 Å². The van der Waals surface area contributed by atoms with Crippen LogP contribution in [0.5, 0.6) is 0 Å². The average molecular weight is 361 g/mol. The summed E-state index contributed by atoms with van der Waals surface area (Å²) in [4.78, 5) is 0. The van der Waals surface area contributed by atoms with Crippen molar-refractivity contribution in [1.29, 1.82) is 0 Å². The monoisotopic (exact) mass is 360 g/mol. The minimum absolute atomic E-state index is 0.649. The first-order valence-electron chi connectivity index (χ1n) is 9.44. The molecule has 27 heavy (non-hydrogen) atoms. The van der Waals surface area contributed by atoms with Gasteiger partial charge in [0, 0.05) is 32.7 Å². The van der Waals surface area contributed by atoms with Crippen LogP contribution in [0.25, 0.3) is 0 Å². The number of nitrogens with two attached hydrogens (primary N) is 1. The van der Waals surface area contributed by atoms with Crippen LogP contribution in [0.1, 0.15) is 16.7 Å². The van der Waals surface area contributed by atoms with Crippen molar-refractivity contribution in [2.45, 2.75) is 19.6 Å². The molecule has 0 saturated carbocycles. The van der Waals surface area contributed by atoms with Gasteiger partial charge in [0.15, 0.2) is 0 Å². The van der Waals surface area contributed by atoms with Gasteiger partial charge in [-0.05, 0) is 28.8 Å². The molecule has 4 nitrogen and oxygen atoms in total. The average Bonchev–Trinajstić information content (AvgIpc) is 2.73. The summed E-state index contributed by atoms with van der Waals surface area (Å²) in [6.45, 7) is 3.87. The molecule has 0 radical (unpaired) electrons. The second-order valence-corrected chi connectivity index (χ2v) is 6.52. The molecule has 0 heterocycles. The topological polar surface area (TPSA) is 62.1 Å². The quantitative estimate of drug-likeness (QED) is 0.413. The van der Waals surface area contributed by atoms with Crippen LogP contribution in [0.4, 0.5) is 11.4 Å². The minimum atomic E-state index is 0.649. The number of anilines is 2. The highest BCUT2D eigenvalue weighted by Gasteiger charge is 2.05. The molecule has 0 aliphatic carbocycles. The van der Waals surface area contributed by atoms with Gasteiger partial charge in [-0.15, -0.1) is 0 Å². The summed E-state index contributed by atoms with van der Waals surface area (Å²) in [5, 5.41) is 10.5. The number of rotatable bonds is 10. The SMILES string of the molecule is NCCNCc1ccc(NCc2ccccc2)c(NCc2ccccc2)c1. The second-order valence-electron chi connectivity index (χ2n) is 6.52. The number of hydrogen-bond donors (Lipinski definition) is 4. The van der Waals surface area contributed by atoms with Crippen molar-refractivity contribution in [3.63, 3.8) is 0 Å². The van der Waals surface area contributed by atoms with Crippen LogP contribution in [-0.4, -0.2) is 13.1 Å². The highest BCUT2D eigenvalue weighted by atomic mass is 15.0. The number of nitrogens with one attached hydrogen (secondary N) is 3. The predicted octanol–water partition coefficient (Wildman–Crippen LogP) is 3.96. The van der Waals surface area contributed by atoms with Crippen LogP contribution >= 0.6 is 0 Å². The van der Waals surface area contributed by atoms with Crippen molar-refractivity contribution in [3.8, 4) is 0 Å². The van der Waals surface area contributed by atoms with Crippen LogP contribution in [-0.2, 0) is 19.6 Å². The smallest absolute Gasteiger partial charge is 0.0582 e. The number of benzene rings is 3. The molecule has 0 unspecified atom stereocenters. The molecular weight excluding hydrogens is 332 g/mol. The molecule has 3 aromatic rings. The van der Waals surface area contributed by atoms with E-state index in [4.69, 9.17) is 5.73 Å². The summed E-state index contributed by atoms with van der Waals surface area (Å²) in [7, 11) is 0. The summed E-state index contributed by atoms with van der Waals surface area (Å²) < 4.78 is 0. The van der Waals surface area contributed by atoms with Gasteiger partial charge < -0.3 is 21.7 Å². The Hall–Kier alpha value is -2.82. The van der Waals surface area contributed by atoms with Crippen molar-refractivity contribution in [1.82, 2.24) is 5.32 Å². The highest BCUT2D eigenvalue weighted by Crippen LogP contribution is 2.25. The molecule has 0 atom stereocenters. The van der Waals surface area contributed by atoms with Crippen molar-refractivity contribution in [2.24, 2.45) is 5.73 Å². The fraction of sp³-hybridized carbons (Fsp3) is 0.217. The molecular formula is C23H28N4. The van der Waals surface area contributed by atoms with Crippen molar-refractivity contribution in [3.05, 3.63) is 95.6 Å². The van der Waals surface area contributed by atoms with Gasteiger partial charge in [-0.2, -0.15) is 0 Å². The van der Waals surface area contributed by atoms with E-state index in [-0.39, 0.29) is 0 Å². The zero-order valence-corrected chi connectivity index (χ0v) is 15.6. The van der Waals surface area contributed by atoms with Crippen LogP contribution in [0.2, 0.25) is 0 Å². The van der Waals surface area contributed by atoms with E-state index in [1.165, 1.54) is 16.7 Å². The first-order valence-corrected chi connectivity index (χ1v) is 9.44. The Bertz CT molecular complexity index is 803. The minimum Gasteiger partial charge on any atom is -0.379 e.